The van der Waals surface area contributed by atoms with Gasteiger partial charge in [0, 0.05) is 29.0 Å². The normalized spacial score (nSPS) is 27.3. The number of hydrogen-bond acceptors (Lipinski definition) is 2. The molecule has 0 unspecified atom stereocenters. The van der Waals surface area contributed by atoms with Gasteiger partial charge in [0.2, 0.25) is 0 Å². The first-order valence-electron chi connectivity index (χ1n) is 9.09. The Morgan fingerprint density at radius 1 is 1.48 bits per heavy atom. The second-order valence-electron chi connectivity index (χ2n) is 7.64. The molecule has 1 aliphatic heterocycles. The van der Waals surface area contributed by atoms with Crippen molar-refractivity contribution in [2.24, 2.45) is 5.41 Å². The summed E-state index contributed by atoms with van der Waals surface area (Å²) in [5, 5.41) is 6.78. The summed E-state index contributed by atoms with van der Waals surface area (Å²) in [6.45, 7) is 4.07. The second kappa shape index (κ2) is 6.36. The van der Waals surface area contributed by atoms with E-state index in [4.69, 9.17) is 11.6 Å². The van der Waals surface area contributed by atoms with E-state index in [2.05, 4.69) is 10.6 Å². The van der Waals surface area contributed by atoms with Gasteiger partial charge in [-0.2, -0.15) is 9.37 Å². The minimum absolute atomic E-state index is 0.0908. The monoisotopic (exact) mass is 364 g/mol. The zero-order chi connectivity index (χ0) is 17.6. The van der Waals surface area contributed by atoms with Gasteiger partial charge in [-0.1, -0.05) is 11.6 Å². The molecule has 4 nitrogen and oxygen atoms in total. The van der Waals surface area contributed by atoms with Crippen LogP contribution in [0.5, 0.6) is 0 Å². The molecule has 1 spiro atoms. The lowest BCUT2D eigenvalue weighted by molar-refractivity contribution is -0.443. The average molecular weight is 365 g/mol. The summed E-state index contributed by atoms with van der Waals surface area (Å²) in [6, 6.07) is 3.26. The molecule has 3 aliphatic rings. The molecule has 2 saturated carbocycles. The van der Waals surface area contributed by atoms with Crippen molar-refractivity contribution >= 4 is 23.3 Å². The first-order chi connectivity index (χ1) is 12.0. The van der Waals surface area contributed by atoms with Gasteiger partial charge in [-0.3, -0.25) is 0 Å². The van der Waals surface area contributed by atoms with Gasteiger partial charge < -0.3 is 5.32 Å². The van der Waals surface area contributed by atoms with Gasteiger partial charge in [0.05, 0.1) is 5.71 Å². The van der Waals surface area contributed by atoms with Gasteiger partial charge in [0.15, 0.2) is 0 Å². The highest BCUT2D eigenvalue weighted by molar-refractivity contribution is 6.31. The summed E-state index contributed by atoms with van der Waals surface area (Å²) in [6.07, 6.45) is 5.47. The molecule has 0 aromatic heterocycles. The molecule has 6 heteroatoms. The summed E-state index contributed by atoms with van der Waals surface area (Å²) in [7, 11) is 0. The topological polar surface area (TPSA) is 44.1 Å². The van der Waals surface area contributed by atoms with E-state index in [1.54, 1.807) is 6.07 Å². The Morgan fingerprint density at radius 2 is 2.28 bits per heavy atom. The Labute approximate surface area is 152 Å². The van der Waals surface area contributed by atoms with Crippen molar-refractivity contribution in [2.75, 3.05) is 13.1 Å². The first-order valence-corrected chi connectivity index (χ1v) is 9.47. The van der Waals surface area contributed by atoms with Crippen LogP contribution < -0.4 is 10.6 Å². The molecule has 4 rings (SSSR count). The zero-order valence-electron chi connectivity index (χ0n) is 14.5. The summed E-state index contributed by atoms with van der Waals surface area (Å²) in [5.74, 6) is -0.374. The summed E-state index contributed by atoms with van der Waals surface area (Å²) in [5.41, 5.74) is 2.75. The molecule has 2 aliphatic carbocycles. The number of benzene rings is 1. The molecule has 25 heavy (non-hydrogen) atoms. The van der Waals surface area contributed by atoms with E-state index < -0.39 is 0 Å². The third-order valence-corrected chi connectivity index (χ3v) is 6.05. The van der Waals surface area contributed by atoms with Crippen LogP contribution >= 0.6 is 11.6 Å². The van der Waals surface area contributed by atoms with E-state index in [-0.39, 0.29) is 23.8 Å². The number of halogens is 2. The largest absolute Gasteiger partial charge is 0.491 e. The third kappa shape index (κ3) is 3.32. The van der Waals surface area contributed by atoms with Crippen molar-refractivity contribution in [2.45, 2.75) is 51.6 Å². The van der Waals surface area contributed by atoms with Crippen molar-refractivity contribution in [3.63, 3.8) is 0 Å². The molecule has 2 N–H and O–H groups in total. The maximum absolute atomic E-state index is 14.0. The fraction of sp³-hybridized carbons (Fsp3) is 0.579. The smallest absolute Gasteiger partial charge is 0.316 e. The molecule has 0 radical (unpaired) electrons. The van der Waals surface area contributed by atoms with Gasteiger partial charge in [-0.05, 0) is 56.8 Å². The SMILES string of the molecule is Cc1cc(CNC(=O)/[N+](=C2\C[C@@]23CCCNC3)C2CC2)c(F)cc1Cl. The van der Waals surface area contributed by atoms with Gasteiger partial charge in [0.1, 0.15) is 18.4 Å². The first kappa shape index (κ1) is 17.0. The maximum atomic E-state index is 14.0. The van der Waals surface area contributed by atoms with Crippen LogP contribution in [0, 0.1) is 18.2 Å². The standard InChI is InChI=1S/C19H23ClFN3O/c1-12-7-13(16(21)8-15(12)20)10-23-18(25)24(14-3-4-14)17-9-19(17)5-2-6-22-11-19/h7-8,14,22H,2-6,9-11H2,1H3/p+1/b24-17+/t19-/m1/s1. The van der Waals surface area contributed by atoms with Crippen LogP contribution in [0.3, 0.4) is 0 Å². The van der Waals surface area contributed by atoms with Crippen molar-refractivity contribution in [3.05, 3.63) is 34.1 Å². The molecular formula is C19H24ClFN3O+. The number of carbonyl (C=O) groups excluding carboxylic acids is 1. The molecule has 0 bridgehead atoms. The Kier molecular flexibility index (Phi) is 4.32. The molecule has 134 valence electrons. The summed E-state index contributed by atoms with van der Waals surface area (Å²) in [4.78, 5) is 12.8. The highest BCUT2D eigenvalue weighted by Crippen LogP contribution is 2.48. The Balaban J connectivity index is 1.49. The predicted molar refractivity (Wildman–Crippen MR) is 95.8 cm³/mol. The maximum Gasteiger partial charge on any atom is 0.491 e. The lowest BCUT2D eigenvalue weighted by Gasteiger charge is -2.20. The Bertz CT molecular complexity index is 751. The molecule has 1 heterocycles. The number of hydrogen-bond donors (Lipinski definition) is 2. The lowest BCUT2D eigenvalue weighted by Crippen LogP contribution is -2.39. The molecule has 1 aromatic carbocycles. The van der Waals surface area contributed by atoms with E-state index in [9.17, 15) is 9.18 Å². The average Bonchev–Trinajstić information content (AvgIpc) is 3.51. The van der Waals surface area contributed by atoms with Crippen molar-refractivity contribution < 1.29 is 13.8 Å². The minimum atomic E-state index is -0.374. The molecular weight excluding hydrogens is 341 g/mol. The van der Waals surface area contributed by atoms with Crippen LogP contribution in [-0.4, -0.2) is 35.4 Å². The van der Waals surface area contributed by atoms with Crippen molar-refractivity contribution in [1.29, 1.82) is 0 Å². The highest BCUT2D eigenvalue weighted by Gasteiger charge is 2.57. The number of carbonyl (C=O) groups is 1. The fourth-order valence-corrected chi connectivity index (χ4v) is 4.08. The van der Waals surface area contributed by atoms with Crippen LogP contribution in [-0.2, 0) is 6.54 Å². The van der Waals surface area contributed by atoms with E-state index in [0.717, 1.165) is 44.3 Å². The summed E-state index contributed by atoms with van der Waals surface area (Å²) >= 11 is 5.94. The van der Waals surface area contributed by atoms with Crippen LogP contribution in [0.4, 0.5) is 9.18 Å². The van der Waals surface area contributed by atoms with Crippen LogP contribution in [0.1, 0.15) is 43.2 Å². The molecule has 1 aromatic rings. The fourth-order valence-electron chi connectivity index (χ4n) is 3.93. The van der Waals surface area contributed by atoms with Crippen molar-refractivity contribution in [1.82, 2.24) is 10.6 Å². The van der Waals surface area contributed by atoms with E-state index >= 15 is 0 Å². The Morgan fingerprint density at radius 3 is 2.96 bits per heavy atom. The number of rotatable bonds is 3. The highest BCUT2D eigenvalue weighted by atomic mass is 35.5. The molecule has 1 saturated heterocycles. The van der Waals surface area contributed by atoms with Gasteiger partial charge in [-0.15, -0.1) is 0 Å². The molecule has 1 atom stereocenters. The minimum Gasteiger partial charge on any atom is -0.316 e. The van der Waals surface area contributed by atoms with Gasteiger partial charge in [0.25, 0.3) is 0 Å². The lowest BCUT2D eigenvalue weighted by atomic mass is 9.96. The van der Waals surface area contributed by atoms with E-state index in [1.807, 2.05) is 11.5 Å². The number of aryl methyl sites for hydroxylation is 1. The number of amides is 2. The van der Waals surface area contributed by atoms with Gasteiger partial charge >= 0.3 is 6.03 Å². The quantitative estimate of drug-likeness (QED) is 0.807. The van der Waals surface area contributed by atoms with Crippen LogP contribution in [0.15, 0.2) is 12.1 Å². The number of nitrogens with zero attached hydrogens (tertiary/aromatic N) is 1. The van der Waals surface area contributed by atoms with Gasteiger partial charge in [-0.25, -0.2) is 9.71 Å². The van der Waals surface area contributed by atoms with Crippen LogP contribution in [0.2, 0.25) is 5.02 Å². The summed E-state index contributed by atoms with van der Waals surface area (Å²) < 4.78 is 16.0. The van der Waals surface area contributed by atoms with Crippen molar-refractivity contribution in [3.8, 4) is 0 Å². The predicted octanol–water partition coefficient (Wildman–Crippen LogP) is 3.39. The van der Waals surface area contributed by atoms with E-state index in [0.29, 0.717) is 16.6 Å². The number of urea groups is 1. The number of nitrogens with one attached hydrogen (secondary N) is 2. The molecule has 3 fully saturated rings. The molecule has 2 amide bonds. The van der Waals surface area contributed by atoms with E-state index in [1.165, 1.54) is 18.2 Å². The third-order valence-electron chi connectivity index (χ3n) is 5.64. The van der Waals surface area contributed by atoms with Crippen LogP contribution in [0.25, 0.3) is 0 Å². The second-order valence-corrected chi connectivity index (χ2v) is 8.04. The zero-order valence-corrected chi connectivity index (χ0v) is 15.3. The number of piperidine rings is 1. The Hall–Kier alpha value is -1.46.